The van der Waals surface area contributed by atoms with E-state index in [4.69, 9.17) is 9.84 Å². The number of aliphatic hydroxyl groups is 1. The van der Waals surface area contributed by atoms with Crippen LogP contribution in [0.5, 0.6) is 0 Å². The lowest BCUT2D eigenvalue weighted by Crippen LogP contribution is -2.75. The van der Waals surface area contributed by atoms with Crippen LogP contribution in [-0.4, -0.2) is 46.0 Å². The maximum atomic E-state index is 14.6. The van der Waals surface area contributed by atoms with Gasteiger partial charge in [-0.25, -0.2) is 4.79 Å². The number of ether oxygens (including phenoxy) is 2. The van der Waals surface area contributed by atoms with Crippen molar-refractivity contribution in [3.63, 3.8) is 0 Å². The van der Waals surface area contributed by atoms with Crippen LogP contribution in [-0.2, 0) is 14.3 Å². The molecule has 1 aliphatic rings. The fraction of sp³-hybridized carbons (Fsp3) is 0.800. The Kier molecular flexibility index (Phi) is 5.37. The van der Waals surface area contributed by atoms with E-state index in [1.54, 1.807) is 0 Å². The molecule has 1 saturated heterocycles. The van der Waals surface area contributed by atoms with E-state index >= 15 is 0 Å². The van der Waals surface area contributed by atoms with Gasteiger partial charge in [0.05, 0.1) is 0 Å². The predicted octanol–water partition coefficient (Wildman–Crippen LogP) is 3.47. The molecule has 25 heavy (non-hydrogen) atoms. The SMILES string of the molecule is CC(=CCC1(C)OC(C(C)(C)C)OC(O)(C(F)(F)F)C1(F)F)C(=O)O. The van der Waals surface area contributed by atoms with Crippen LogP contribution in [0.1, 0.15) is 41.0 Å². The van der Waals surface area contributed by atoms with Gasteiger partial charge in [-0.15, -0.1) is 0 Å². The molecule has 146 valence electrons. The highest BCUT2D eigenvalue weighted by atomic mass is 19.4. The van der Waals surface area contributed by atoms with Gasteiger partial charge in [0, 0.05) is 17.4 Å². The Hall–Kier alpha value is -1.26. The molecule has 1 heterocycles. The van der Waals surface area contributed by atoms with E-state index in [0.29, 0.717) is 6.92 Å². The van der Waals surface area contributed by atoms with Gasteiger partial charge in [0.2, 0.25) is 0 Å². The van der Waals surface area contributed by atoms with Crippen LogP contribution in [0.3, 0.4) is 0 Å². The fourth-order valence-corrected chi connectivity index (χ4v) is 2.13. The van der Waals surface area contributed by atoms with Crippen molar-refractivity contribution in [2.45, 2.75) is 70.8 Å². The summed E-state index contributed by atoms with van der Waals surface area (Å²) in [5.41, 5.74) is -4.39. The molecule has 1 aliphatic heterocycles. The molecule has 5 nitrogen and oxygen atoms in total. The Labute approximate surface area is 141 Å². The number of alkyl halides is 5. The summed E-state index contributed by atoms with van der Waals surface area (Å²) < 4.78 is 78.3. The molecular formula is C15H21F5O5. The first-order valence-electron chi connectivity index (χ1n) is 7.32. The standard InChI is InChI=1S/C15H21F5O5/c1-8(9(21)22)6-7-12(5)13(16,17)14(23,15(18,19)20)25-10(24-12)11(2,3)4/h6,10,23H,7H2,1-5H3,(H,21,22). The molecule has 0 aliphatic carbocycles. The second kappa shape index (κ2) is 6.17. The van der Waals surface area contributed by atoms with Crippen molar-refractivity contribution in [2.75, 3.05) is 0 Å². The first-order chi connectivity index (χ1) is 10.9. The summed E-state index contributed by atoms with van der Waals surface area (Å²) in [6, 6.07) is 0. The molecule has 1 rings (SSSR count). The molecule has 0 aromatic heterocycles. The van der Waals surface area contributed by atoms with Crippen LogP contribution in [0.4, 0.5) is 22.0 Å². The van der Waals surface area contributed by atoms with E-state index in [9.17, 15) is 31.9 Å². The van der Waals surface area contributed by atoms with Gasteiger partial charge >= 0.3 is 23.9 Å². The minimum atomic E-state index is -5.81. The quantitative estimate of drug-likeness (QED) is 0.583. The summed E-state index contributed by atoms with van der Waals surface area (Å²) >= 11 is 0. The van der Waals surface area contributed by atoms with Crippen LogP contribution < -0.4 is 0 Å². The molecule has 0 saturated carbocycles. The van der Waals surface area contributed by atoms with Gasteiger partial charge in [-0.1, -0.05) is 26.8 Å². The minimum absolute atomic E-state index is 0.352. The number of carboxylic acid groups (broad SMARTS) is 1. The van der Waals surface area contributed by atoms with Crippen LogP contribution in [0.25, 0.3) is 0 Å². The van der Waals surface area contributed by atoms with E-state index in [1.807, 2.05) is 0 Å². The molecule has 2 N–H and O–H groups in total. The van der Waals surface area contributed by atoms with Gasteiger partial charge in [-0.05, 0) is 13.8 Å². The van der Waals surface area contributed by atoms with Gasteiger partial charge in [-0.2, -0.15) is 22.0 Å². The molecule has 3 atom stereocenters. The van der Waals surface area contributed by atoms with E-state index in [0.717, 1.165) is 13.0 Å². The Morgan fingerprint density at radius 1 is 1.20 bits per heavy atom. The molecule has 0 aromatic carbocycles. The molecular weight excluding hydrogens is 355 g/mol. The van der Waals surface area contributed by atoms with Gasteiger partial charge in [0.15, 0.2) is 6.29 Å². The molecule has 3 unspecified atom stereocenters. The molecule has 0 radical (unpaired) electrons. The lowest BCUT2D eigenvalue weighted by Gasteiger charge is -2.54. The van der Waals surface area contributed by atoms with Crippen molar-refractivity contribution < 1.29 is 46.4 Å². The van der Waals surface area contributed by atoms with Crippen LogP contribution in [0, 0.1) is 5.41 Å². The van der Waals surface area contributed by atoms with Crippen LogP contribution in [0.2, 0.25) is 0 Å². The number of aliphatic carboxylic acids is 1. The maximum Gasteiger partial charge on any atom is 0.449 e. The number of carbonyl (C=O) groups is 1. The monoisotopic (exact) mass is 376 g/mol. The summed E-state index contributed by atoms with van der Waals surface area (Å²) in [6.07, 6.45) is -7.69. The maximum absolute atomic E-state index is 14.6. The number of carboxylic acids is 1. The lowest BCUT2D eigenvalue weighted by atomic mass is 9.83. The van der Waals surface area contributed by atoms with Gasteiger partial charge < -0.3 is 19.7 Å². The molecule has 0 spiro atoms. The highest BCUT2D eigenvalue weighted by molar-refractivity contribution is 5.85. The van der Waals surface area contributed by atoms with Gasteiger partial charge in [-0.3, -0.25) is 0 Å². The second-order valence-corrected chi connectivity index (χ2v) is 7.28. The summed E-state index contributed by atoms with van der Waals surface area (Å²) in [5, 5.41) is 18.6. The fourth-order valence-electron chi connectivity index (χ4n) is 2.13. The number of hydrogen-bond donors (Lipinski definition) is 2. The van der Waals surface area contributed by atoms with Crippen LogP contribution >= 0.6 is 0 Å². The van der Waals surface area contributed by atoms with Crippen molar-refractivity contribution in [3.8, 4) is 0 Å². The summed E-state index contributed by atoms with van der Waals surface area (Å²) in [7, 11) is 0. The third-order valence-electron chi connectivity index (χ3n) is 3.96. The van der Waals surface area contributed by atoms with E-state index < -0.39 is 47.6 Å². The predicted molar refractivity (Wildman–Crippen MR) is 75.8 cm³/mol. The molecule has 0 amide bonds. The first kappa shape index (κ1) is 21.8. The molecule has 10 heteroatoms. The summed E-state index contributed by atoms with van der Waals surface area (Å²) in [6.45, 7) is 5.93. The number of rotatable bonds is 3. The highest BCUT2D eigenvalue weighted by Gasteiger charge is 2.80. The average Bonchev–Trinajstić information content (AvgIpc) is 2.39. The summed E-state index contributed by atoms with van der Waals surface area (Å²) in [5.74, 6) is -11.1. The Bertz CT molecular complexity index is 566. The second-order valence-electron chi connectivity index (χ2n) is 7.28. The van der Waals surface area contributed by atoms with Crippen molar-refractivity contribution in [1.82, 2.24) is 0 Å². The third kappa shape index (κ3) is 3.65. The van der Waals surface area contributed by atoms with Crippen molar-refractivity contribution in [3.05, 3.63) is 11.6 Å². The van der Waals surface area contributed by atoms with Gasteiger partial charge in [0.25, 0.3) is 0 Å². The zero-order chi connectivity index (χ0) is 20.1. The minimum Gasteiger partial charge on any atom is -0.478 e. The van der Waals surface area contributed by atoms with Crippen LogP contribution in [0.15, 0.2) is 11.6 Å². The van der Waals surface area contributed by atoms with Crippen molar-refractivity contribution in [2.24, 2.45) is 5.41 Å². The topological polar surface area (TPSA) is 76.0 Å². The smallest absolute Gasteiger partial charge is 0.449 e. The Morgan fingerprint density at radius 2 is 1.68 bits per heavy atom. The highest BCUT2D eigenvalue weighted by Crippen LogP contribution is 2.56. The first-order valence-corrected chi connectivity index (χ1v) is 7.32. The zero-order valence-corrected chi connectivity index (χ0v) is 14.4. The van der Waals surface area contributed by atoms with Crippen molar-refractivity contribution in [1.29, 1.82) is 0 Å². The number of halogens is 5. The van der Waals surface area contributed by atoms with Crippen molar-refractivity contribution >= 4 is 5.97 Å². The normalized spacial score (nSPS) is 34.0. The Morgan fingerprint density at radius 3 is 2.04 bits per heavy atom. The zero-order valence-electron chi connectivity index (χ0n) is 14.4. The third-order valence-corrected chi connectivity index (χ3v) is 3.96. The van der Waals surface area contributed by atoms with E-state index in [1.165, 1.54) is 20.8 Å². The lowest BCUT2D eigenvalue weighted by molar-refractivity contribution is -0.528. The van der Waals surface area contributed by atoms with Gasteiger partial charge in [0.1, 0.15) is 5.60 Å². The molecule has 1 fully saturated rings. The largest absolute Gasteiger partial charge is 0.478 e. The Balaban J connectivity index is 3.47. The summed E-state index contributed by atoms with van der Waals surface area (Å²) in [4.78, 5) is 10.8. The number of hydrogen-bond acceptors (Lipinski definition) is 4. The van der Waals surface area contributed by atoms with E-state index in [2.05, 4.69) is 4.74 Å². The molecule has 0 bridgehead atoms. The molecule has 0 aromatic rings. The van der Waals surface area contributed by atoms with E-state index in [-0.39, 0.29) is 5.57 Å². The average molecular weight is 376 g/mol.